The van der Waals surface area contributed by atoms with Gasteiger partial charge in [-0.25, -0.2) is 0 Å². The lowest BCUT2D eigenvalue weighted by molar-refractivity contribution is -0.167. The Morgan fingerprint density at radius 3 is 1.00 bits per heavy atom. The standard InChI is InChI=1S/C53H96O6/c1-4-7-10-13-16-19-22-25-26-29-31-34-37-40-43-46-52(55)58-49-50(59-53(56)47-44-41-38-35-32-28-24-21-18-15-12-9-6-3)48-57-51(54)45-42-39-36-33-30-27-23-20-17-14-11-8-5-2/h16,19,21,24-26,50H,4-15,17-18,20,22-23,27-49H2,1-3H3/b19-16-,24-21-,26-25-/t50-/m1/s1. The van der Waals surface area contributed by atoms with Crippen LogP contribution >= 0.6 is 0 Å². The van der Waals surface area contributed by atoms with Gasteiger partial charge in [0, 0.05) is 19.3 Å². The Labute approximate surface area is 365 Å². The van der Waals surface area contributed by atoms with Crippen LogP contribution in [0.2, 0.25) is 0 Å². The molecule has 0 aromatic rings. The second-order valence-electron chi connectivity index (χ2n) is 17.1. The van der Waals surface area contributed by atoms with Gasteiger partial charge in [0.15, 0.2) is 6.10 Å². The van der Waals surface area contributed by atoms with Crippen LogP contribution in [0.15, 0.2) is 36.5 Å². The molecule has 0 aromatic heterocycles. The number of esters is 3. The summed E-state index contributed by atoms with van der Waals surface area (Å²) in [6.07, 6.45) is 55.5. The first-order chi connectivity index (χ1) is 29.0. The topological polar surface area (TPSA) is 78.9 Å². The Balaban J connectivity index is 4.39. The van der Waals surface area contributed by atoms with Crippen molar-refractivity contribution < 1.29 is 28.6 Å². The number of hydrogen-bond acceptors (Lipinski definition) is 6. The highest BCUT2D eigenvalue weighted by atomic mass is 16.6. The lowest BCUT2D eigenvalue weighted by Gasteiger charge is -2.18. The molecule has 0 fully saturated rings. The van der Waals surface area contributed by atoms with Gasteiger partial charge in [-0.15, -0.1) is 0 Å². The van der Waals surface area contributed by atoms with E-state index >= 15 is 0 Å². The Morgan fingerprint density at radius 2 is 0.610 bits per heavy atom. The third kappa shape index (κ3) is 46.5. The van der Waals surface area contributed by atoms with Gasteiger partial charge >= 0.3 is 17.9 Å². The number of allylic oxidation sites excluding steroid dienone is 6. The van der Waals surface area contributed by atoms with Crippen molar-refractivity contribution in [2.24, 2.45) is 0 Å². The fraction of sp³-hybridized carbons (Fsp3) is 0.830. The van der Waals surface area contributed by atoms with Gasteiger partial charge in [0.1, 0.15) is 13.2 Å². The minimum absolute atomic E-state index is 0.0773. The van der Waals surface area contributed by atoms with Crippen molar-refractivity contribution in [1.29, 1.82) is 0 Å². The lowest BCUT2D eigenvalue weighted by Crippen LogP contribution is -2.30. The first-order valence-electron chi connectivity index (χ1n) is 25.5. The van der Waals surface area contributed by atoms with E-state index in [1.807, 2.05) is 0 Å². The van der Waals surface area contributed by atoms with Crippen LogP contribution in [0.3, 0.4) is 0 Å². The maximum absolute atomic E-state index is 12.8. The van der Waals surface area contributed by atoms with Gasteiger partial charge in [0.2, 0.25) is 0 Å². The summed E-state index contributed by atoms with van der Waals surface area (Å²) in [4.78, 5) is 37.9. The van der Waals surface area contributed by atoms with Crippen LogP contribution in [0, 0.1) is 0 Å². The minimum Gasteiger partial charge on any atom is -0.462 e. The maximum Gasteiger partial charge on any atom is 0.306 e. The molecule has 0 unspecified atom stereocenters. The van der Waals surface area contributed by atoms with Crippen LogP contribution < -0.4 is 0 Å². The van der Waals surface area contributed by atoms with Gasteiger partial charge in [-0.1, -0.05) is 205 Å². The molecule has 0 rings (SSSR count). The first-order valence-corrected chi connectivity index (χ1v) is 25.5. The van der Waals surface area contributed by atoms with Crippen LogP contribution in [0.25, 0.3) is 0 Å². The molecule has 59 heavy (non-hydrogen) atoms. The summed E-state index contributed by atoms with van der Waals surface area (Å²) in [6, 6.07) is 0. The molecule has 344 valence electrons. The second-order valence-corrected chi connectivity index (χ2v) is 17.1. The molecule has 0 aliphatic rings. The summed E-state index contributed by atoms with van der Waals surface area (Å²) in [7, 11) is 0. The summed E-state index contributed by atoms with van der Waals surface area (Å²) in [5.74, 6) is -0.892. The number of hydrogen-bond donors (Lipinski definition) is 0. The van der Waals surface area contributed by atoms with Crippen molar-refractivity contribution in [3.63, 3.8) is 0 Å². The molecule has 0 N–H and O–H groups in total. The molecule has 0 saturated carbocycles. The van der Waals surface area contributed by atoms with Crippen molar-refractivity contribution in [2.45, 2.75) is 271 Å². The highest BCUT2D eigenvalue weighted by Gasteiger charge is 2.19. The van der Waals surface area contributed by atoms with Crippen LogP contribution in [0.4, 0.5) is 0 Å². The highest BCUT2D eigenvalue weighted by Crippen LogP contribution is 2.15. The molecular formula is C53H96O6. The predicted octanol–water partition coefficient (Wildman–Crippen LogP) is 16.5. The number of carbonyl (C=O) groups is 3. The Kier molecular flexibility index (Phi) is 46.4. The van der Waals surface area contributed by atoms with E-state index in [9.17, 15) is 14.4 Å². The average molecular weight is 829 g/mol. The Bertz CT molecular complexity index is 1000. The molecule has 0 heterocycles. The van der Waals surface area contributed by atoms with Gasteiger partial charge in [0.25, 0.3) is 0 Å². The van der Waals surface area contributed by atoms with Crippen molar-refractivity contribution in [3.05, 3.63) is 36.5 Å². The van der Waals surface area contributed by atoms with E-state index in [1.165, 1.54) is 135 Å². The molecule has 0 bridgehead atoms. The first kappa shape index (κ1) is 56.6. The highest BCUT2D eigenvalue weighted by molar-refractivity contribution is 5.71. The summed E-state index contributed by atoms with van der Waals surface area (Å²) in [5, 5.41) is 0. The predicted molar refractivity (Wildman–Crippen MR) is 252 cm³/mol. The van der Waals surface area contributed by atoms with E-state index < -0.39 is 6.10 Å². The van der Waals surface area contributed by atoms with E-state index in [0.717, 1.165) is 89.9 Å². The van der Waals surface area contributed by atoms with Gasteiger partial charge in [-0.3, -0.25) is 14.4 Å². The van der Waals surface area contributed by atoms with E-state index in [-0.39, 0.29) is 31.1 Å². The minimum atomic E-state index is -0.777. The van der Waals surface area contributed by atoms with Crippen LogP contribution in [-0.2, 0) is 28.6 Å². The van der Waals surface area contributed by atoms with E-state index in [0.29, 0.717) is 19.3 Å². The molecule has 6 nitrogen and oxygen atoms in total. The molecule has 6 heteroatoms. The SMILES string of the molecule is CCCCC/C=C\C/C=C\CCCCCCCC(=O)OC[C@@H](COC(=O)CCCCCCCCCCCCCCC)OC(=O)CCCCCCC/C=C\CCCCCC. The fourth-order valence-corrected chi connectivity index (χ4v) is 7.23. The molecule has 0 amide bonds. The van der Waals surface area contributed by atoms with Crippen LogP contribution in [-0.4, -0.2) is 37.2 Å². The molecule has 0 saturated heterocycles. The maximum atomic E-state index is 12.8. The zero-order valence-electron chi connectivity index (χ0n) is 39.3. The summed E-state index contributed by atoms with van der Waals surface area (Å²) < 4.78 is 16.8. The molecule has 0 radical (unpaired) electrons. The zero-order chi connectivity index (χ0) is 43.0. The van der Waals surface area contributed by atoms with Crippen molar-refractivity contribution in [3.8, 4) is 0 Å². The van der Waals surface area contributed by atoms with Gasteiger partial charge < -0.3 is 14.2 Å². The second kappa shape index (κ2) is 48.3. The average Bonchev–Trinajstić information content (AvgIpc) is 3.23. The monoisotopic (exact) mass is 829 g/mol. The van der Waals surface area contributed by atoms with E-state index in [4.69, 9.17) is 14.2 Å². The Hall–Kier alpha value is -2.37. The fourth-order valence-electron chi connectivity index (χ4n) is 7.23. The number of ether oxygens (including phenoxy) is 3. The van der Waals surface area contributed by atoms with Crippen LogP contribution in [0.1, 0.15) is 265 Å². The molecule has 1 atom stereocenters. The smallest absolute Gasteiger partial charge is 0.306 e. The Morgan fingerprint density at radius 1 is 0.339 bits per heavy atom. The molecule has 0 aliphatic carbocycles. The van der Waals surface area contributed by atoms with Gasteiger partial charge in [-0.05, 0) is 77.0 Å². The molecule has 0 spiro atoms. The van der Waals surface area contributed by atoms with Gasteiger partial charge in [-0.2, -0.15) is 0 Å². The van der Waals surface area contributed by atoms with Crippen molar-refractivity contribution in [2.75, 3.05) is 13.2 Å². The zero-order valence-corrected chi connectivity index (χ0v) is 39.3. The van der Waals surface area contributed by atoms with Crippen molar-refractivity contribution in [1.82, 2.24) is 0 Å². The molecular weight excluding hydrogens is 733 g/mol. The summed E-state index contributed by atoms with van der Waals surface area (Å²) in [5.41, 5.74) is 0. The van der Waals surface area contributed by atoms with Crippen molar-refractivity contribution >= 4 is 17.9 Å². The van der Waals surface area contributed by atoms with E-state index in [1.54, 1.807) is 0 Å². The lowest BCUT2D eigenvalue weighted by atomic mass is 10.0. The summed E-state index contributed by atoms with van der Waals surface area (Å²) >= 11 is 0. The summed E-state index contributed by atoms with van der Waals surface area (Å²) in [6.45, 7) is 6.59. The van der Waals surface area contributed by atoms with Gasteiger partial charge in [0.05, 0.1) is 0 Å². The van der Waals surface area contributed by atoms with Crippen LogP contribution in [0.5, 0.6) is 0 Å². The quantitative estimate of drug-likeness (QED) is 0.0263. The van der Waals surface area contributed by atoms with E-state index in [2.05, 4.69) is 57.2 Å². The number of rotatable bonds is 46. The normalized spacial score (nSPS) is 12.3. The molecule has 0 aromatic carbocycles. The largest absolute Gasteiger partial charge is 0.462 e. The number of carbonyl (C=O) groups excluding carboxylic acids is 3. The molecule has 0 aliphatic heterocycles. The third-order valence-corrected chi connectivity index (χ3v) is 11.1. The number of unbranched alkanes of at least 4 members (excludes halogenated alkanes) is 29. The third-order valence-electron chi connectivity index (χ3n) is 11.1.